The second-order valence-electron chi connectivity index (χ2n) is 3.80. The van der Waals surface area contributed by atoms with Gasteiger partial charge in [-0.3, -0.25) is 0 Å². The van der Waals surface area contributed by atoms with Crippen LogP contribution >= 0.6 is 12.2 Å². The summed E-state index contributed by atoms with van der Waals surface area (Å²) in [4.78, 5) is 0.523. The number of nitrogens with one attached hydrogen (secondary N) is 1. The lowest BCUT2D eigenvalue weighted by molar-refractivity contribution is 0.632. The van der Waals surface area contributed by atoms with Gasteiger partial charge in [0, 0.05) is 5.56 Å². The van der Waals surface area contributed by atoms with Crippen molar-refractivity contribution in [1.29, 1.82) is 0 Å². The summed E-state index contributed by atoms with van der Waals surface area (Å²) in [7, 11) is 0. The molecule has 0 aliphatic rings. The fourth-order valence-corrected chi connectivity index (χ4v) is 1.71. The van der Waals surface area contributed by atoms with Gasteiger partial charge in [-0.1, -0.05) is 54.2 Å². The van der Waals surface area contributed by atoms with Crippen LogP contribution in [0, 0.1) is 12.7 Å². The molecule has 1 N–H and O–H groups in total. The molecule has 17 heavy (non-hydrogen) atoms. The van der Waals surface area contributed by atoms with Crippen molar-refractivity contribution >= 4 is 22.9 Å². The van der Waals surface area contributed by atoms with Crippen molar-refractivity contribution in [3.05, 3.63) is 65.5 Å². The van der Waals surface area contributed by atoms with Gasteiger partial charge < -0.3 is 5.32 Å². The third kappa shape index (κ3) is 2.88. The third-order valence-corrected chi connectivity index (χ3v) is 2.77. The van der Waals surface area contributed by atoms with Crippen LogP contribution in [0.5, 0.6) is 0 Å². The number of thiocarbonyl (C=S) groups is 1. The Bertz CT molecular complexity index is 534. The Morgan fingerprint density at radius 1 is 1.06 bits per heavy atom. The van der Waals surface area contributed by atoms with Crippen LogP contribution in [0.4, 0.5) is 10.1 Å². The van der Waals surface area contributed by atoms with Gasteiger partial charge in [-0.15, -0.1) is 0 Å². The molecule has 0 aliphatic carbocycles. The molecule has 2 rings (SSSR count). The molecule has 0 bridgehead atoms. The SMILES string of the molecule is Cc1ccc(C(=S)Nc2ccccc2F)cc1. The number of hydrogen-bond donors (Lipinski definition) is 1. The quantitative estimate of drug-likeness (QED) is 0.805. The Balaban J connectivity index is 2.17. The van der Waals surface area contributed by atoms with E-state index in [1.165, 1.54) is 11.6 Å². The molecule has 2 aromatic carbocycles. The molecule has 0 spiro atoms. The van der Waals surface area contributed by atoms with E-state index in [0.29, 0.717) is 10.7 Å². The number of para-hydroxylation sites is 1. The minimum absolute atomic E-state index is 0.304. The highest BCUT2D eigenvalue weighted by molar-refractivity contribution is 7.81. The molecule has 3 heteroatoms. The maximum atomic E-state index is 13.4. The van der Waals surface area contributed by atoms with Crippen molar-refractivity contribution in [3.8, 4) is 0 Å². The number of hydrogen-bond acceptors (Lipinski definition) is 1. The van der Waals surface area contributed by atoms with E-state index in [1.807, 2.05) is 31.2 Å². The molecule has 0 saturated carbocycles. The molecule has 0 atom stereocenters. The molecule has 0 saturated heterocycles. The second-order valence-corrected chi connectivity index (χ2v) is 4.21. The largest absolute Gasteiger partial charge is 0.344 e. The van der Waals surface area contributed by atoms with Crippen LogP contribution < -0.4 is 5.32 Å². The normalized spacial score (nSPS) is 10.0. The summed E-state index contributed by atoms with van der Waals surface area (Å²) in [6.07, 6.45) is 0. The fraction of sp³-hybridized carbons (Fsp3) is 0.0714. The van der Waals surface area contributed by atoms with Gasteiger partial charge in [0.2, 0.25) is 0 Å². The van der Waals surface area contributed by atoms with E-state index in [0.717, 1.165) is 5.56 Å². The lowest BCUT2D eigenvalue weighted by atomic mass is 10.1. The maximum absolute atomic E-state index is 13.4. The molecule has 0 heterocycles. The molecule has 86 valence electrons. The first kappa shape index (κ1) is 11.7. The molecule has 0 aromatic heterocycles. The third-order valence-electron chi connectivity index (χ3n) is 2.44. The van der Waals surface area contributed by atoms with Crippen LogP contribution in [-0.4, -0.2) is 4.99 Å². The van der Waals surface area contributed by atoms with Crippen LogP contribution in [0.25, 0.3) is 0 Å². The molecule has 0 fully saturated rings. The van der Waals surface area contributed by atoms with Crippen LogP contribution in [0.3, 0.4) is 0 Å². The van der Waals surface area contributed by atoms with Gasteiger partial charge in [-0.2, -0.15) is 0 Å². The molecular formula is C14H12FNS. The zero-order valence-corrected chi connectivity index (χ0v) is 10.2. The van der Waals surface area contributed by atoms with E-state index >= 15 is 0 Å². The van der Waals surface area contributed by atoms with Crippen LogP contribution in [0.1, 0.15) is 11.1 Å². The van der Waals surface area contributed by atoms with Crippen LogP contribution in [0.15, 0.2) is 48.5 Å². The number of anilines is 1. The molecule has 0 unspecified atom stereocenters. The number of halogens is 1. The molecular weight excluding hydrogens is 233 g/mol. The fourth-order valence-electron chi connectivity index (χ4n) is 1.46. The summed E-state index contributed by atoms with van der Waals surface area (Å²) in [5, 5.41) is 2.90. The Kier molecular flexibility index (Phi) is 3.49. The Hall–Kier alpha value is -1.74. The second kappa shape index (κ2) is 5.06. The highest BCUT2D eigenvalue weighted by atomic mass is 32.1. The van der Waals surface area contributed by atoms with Crippen molar-refractivity contribution in [1.82, 2.24) is 0 Å². The predicted octanol–water partition coefficient (Wildman–Crippen LogP) is 3.92. The summed E-state index contributed by atoms with van der Waals surface area (Å²) in [6, 6.07) is 14.3. The monoisotopic (exact) mass is 245 g/mol. The summed E-state index contributed by atoms with van der Waals surface area (Å²) in [6.45, 7) is 2.01. The first-order chi connectivity index (χ1) is 8.16. The van der Waals surface area contributed by atoms with E-state index < -0.39 is 0 Å². The Morgan fingerprint density at radius 2 is 1.71 bits per heavy atom. The number of rotatable bonds is 2. The summed E-state index contributed by atoms with van der Waals surface area (Å²) in [5.74, 6) is -0.304. The van der Waals surface area contributed by atoms with Gasteiger partial charge in [0.05, 0.1) is 5.69 Å². The van der Waals surface area contributed by atoms with Crippen molar-refractivity contribution < 1.29 is 4.39 Å². The average molecular weight is 245 g/mol. The first-order valence-electron chi connectivity index (χ1n) is 5.29. The van der Waals surface area contributed by atoms with Crippen LogP contribution in [0.2, 0.25) is 0 Å². The van der Waals surface area contributed by atoms with E-state index in [4.69, 9.17) is 12.2 Å². The molecule has 2 aromatic rings. The summed E-state index contributed by atoms with van der Waals surface area (Å²) in [5.41, 5.74) is 2.45. The number of benzene rings is 2. The van der Waals surface area contributed by atoms with Crippen LogP contribution in [-0.2, 0) is 0 Å². The predicted molar refractivity (Wildman–Crippen MR) is 72.9 cm³/mol. The van der Waals surface area contributed by atoms with E-state index in [-0.39, 0.29) is 5.82 Å². The summed E-state index contributed by atoms with van der Waals surface area (Å²) < 4.78 is 13.4. The topological polar surface area (TPSA) is 12.0 Å². The number of aryl methyl sites for hydroxylation is 1. The highest BCUT2D eigenvalue weighted by Gasteiger charge is 2.04. The highest BCUT2D eigenvalue weighted by Crippen LogP contribution is 2.14. The zero-order valence-electron chi connectivity index (χ0n) is 9.41. The lowest BCUT2D eigenvalue weighted by Gasteiger charge is -2.09. The molecule has 0 amide bonds. The molecule has 0 aliphatic heterocycles. The molecule has 0 radical (unpaired) electrons. The minimum atomic E-state index is -0.304. The van der Waals surface area contributed by atoms with Gasteiger partial charge in [0.1, 0.15) is 10.8 Å². The molecule has 1 nitrogen and oxygen atoms in total. The van der Waals surface area contributed by atoms with E-state index in [1.54, 1.807) is 18.2 Å². The van der Waals surface area contributed by atoms with Crippen molar-refractivity contribution in [2.75, 3.05) is 5.32 Å². The van der Waals surface area contributed by atoms with Crippen molar-refractivity contribution in [2.45, 2.75) is 6.92 Å². The lowest BCUT2D eigenvalue weighted by Crippen LogP contribution is -2.11. The standard InChI is InChI=1S/C14H12FNS/c1-10-6-8-11(9-7-10)14(17)16-13-5-3-2-4-12(13)15/h2-9H,1H3,(H,16,17). The minimum Gasteiger partial charge on any atom is -0.344 e. The van der Waals surface area contributed by atoms with Gasteiger partial charge in [0.15, 0.2) is 0 Å². The van der Waals surface area contributed by atoms with Crippen molar-refractivity contribution in [2.24, 2.45) is 0 Å². The smallest absolute Gasteiger partial charge is 0.146 e. The summed E-state index contributed by atoms with van der Waals surface area (Å²) >= 11 is 5.23. The maximum Gasteiger partial charge on any atom is 0.146 e. The van der Waals surface area contributed by atoms with Gasteiger partial charge in [0.25, 0.3) is 0 Å². The first-order valence-corrected chi connectivity index (χ1v) is 5.70. The van der Waals surface area contributed by atoms with E-state index in [9.17, 15) is 4.39 Å². The zero-order chi connectivity index (χ0) is 12.3. The average Bonchev–Trinajstić information content (AvgIpc) is 2.33. The Morgan fingerprint density at radius 3 is 2.35 bits per heavy atom. The van der Waals surface area contributed by atoms with Crippen molar-refractivity contribution in [3.63, 3.8) is 0 Å². The Labute approximate surface area is 105 Å². The van der Waals surface area contributed by atoms with Gasteiger partial charge in [-0.05, 0) is 19.1 Å². The van der Waals surface area contributed by atoms with Gasteiger partial charge >= 0.3 is 0 Å². The van der Waals surface area contributed by atoms with E-state index in [2.05, 4.69) is 5.32 Å². The van der Waals surface area contributed by atoms with Gasteiger partial charge in [-0.25, -0.2) is 4.39 Å².